The number of aromatic nitrogens is 2. The first-order chi connectivity index (χ1) is 15.1. The van der Waals surface area contributed by atoms with Crippen molar-refractivity contribution in [2.45, 2.75) is 18.5 Å². The topological polar surface area (TPSA) is 117 Å². The molecule has 1 aromatic heterocycles. The molecule has 9 heteroatoms. The highest BCUT2D eigenvalue weighted by molar-refractivity contribution is 5.98. The molecule has 2 aromatic rings. The molecule has 31 heavy (non-hydrogen) atoms. The fourth-order valence-electron chi connectivity index (χ4n) is 3.09. The van der Waals surface area contributed by atoms with Gasteiger partial charge < -0.3 is 26.0 Å². The summed E-state index contributed by atoms with van der Waals surface area (Å²) in [5.41, 5.74) is 1.85. The Hall–Kier alpha value is -3.72. The first-order valence-corrected chi connectivity index (χ1v) is 9.93. The molecule has 1 fully saturated rings. The Labute approximate surface area is 181 Å². The number of amides is 2. The van der Waals surface area contributed by atoms with Gasteiger partial charge in [-0.3, -0.25) is 9.59 Å². The van der Waals surface area contributed by atoms with E-state index in [9.17, 15) is 9.59 Å². The molecule has 1 saturated heterocycles. The van der Waals surface area contributed by atoms with Crippen molar-refractivity contribution in [3.8, 4) is 0 Å². The van der Waals surface area contributed by atoms with Gasteiger partial charge in [0.2, 0.25) is 11.8 Å². The van der Waals surface area contributed by atoms with Crippen molar-refractivity contribution < 1.29 is 14.3 Å². The first kappa shape index (κ1) is 22.0. The largest absolute Gasteiger partial charge is 0.377 e. The lowest BCUT2D eigenvalue weighted by atomic mass is 10.1. The zero-order chi connectivity index (χ0) is 22.1. The van der Waals surface area contributed by atoms with Crippen molar-refractivity contribution in [3.05, 3.63) is 67.5 Å². The van der Waals surface area contributed by atoms with Gasteiger partial charge in [-0.1, -0.05) is 25.3 Å². The van der Waals surface area contributed by atoms with E-state index in [1.807, 2.05) is 30.3 Å². The summed E-state index contributed by atoms with van der Waals surface area (Å²) in [6, 6.07) is 9.21. The third-order valence-corrected chi connectivity index (χ3v) is 4.72. The Kier molecular flexibility index (Phi) is 7.72. The number of carbonyl (C=O) groups is 2. The molecule has 1 aliphatic rings. The molecular formula is C22H26N6O3. The molecule has 3 rings (SSSR count). The second kappa shape index (κ2) is 10.9. The van der Waals surface area contributed by atoms with Crippen LogP contribution < -0.4 is 21.3 Å². The molecule has 162 valence electrons. The molecule has 0 bridgehead atoms. The van der Waals surface area contributed by atoms with Gasteiger partial charge in [0.15, 0.2) is 0 Å². The molecule has 1 aromatic carbocycles. The van der Waals surface area contributed by atoms with Gasteiger partial charge in [-0.05, 0) is 36.3 Å². The van der Waals surface area contributed by atoms with Crippen molar-refractivity contribution in [2.75, 3.05) is 35.7 Å². The first-order valence-electron chi connectivity index (χ1n) is 9.93. The van der Waals surface area contributed by atoms with Gasteiger partial charge in [-0.25, -0.2) is 9.97 Å². The number of ether oxygens (including phenoxy) is 1. The van der Waals surface area contributed by atoms with E-state index in [1.165, 1.54) is 18.5 Å². The monoisotopic (exact) mass is 422 g/mol. The summed E-state index contributed by atoms with van der Waals surface area (Å²) in [4.78, 5) is 31.4. The van der Waals surface area contributed by atoms with Gasteiger partial charge >= 0.3 is 0 Å². The number of nitrogens with one attached hydrogen (secondary N) is 4. The maximum atomic E-state index is 11.6. The summed E-state index contributed by atoms with van der Waals surface area (Å²) >= 11 is 0. The molecule has 0 aliphatic carbocycles. The molecule has 1 aliphatic heterocycles. The van der Waals surface area contributed by atoms with Gasteiger partial charge in [-0.15, -0.1) is 0 Å². The van der Waals surface area contributed by atoms with Crippen molar-refractivity contribution in [1.82, 2.24) is 15.3 Å². The van der Waals surface area contributed by atoms with Crippen molar-refractivity contribution >= 4 is 29.1 Å². The summed E-state index contributed by atoms with van der Waals surface area (Å²) < 4.78 is 5.47. The fourth-order valence-corrected chi connectivity index (χ4v) is 3.09. The third kappa shape index (κ3) is 6.65. The summed E-state index contributed by atoms with van der Waals surface area (Å²) in [5, 5.41) is 12.1. The minimum atomic E-state index is -0.235. The van der Waals surface area contributed by atoms with E-state index in [0.29, 0.717) is 31.4 Å². The highest BCUT2D eigenvalue weighted by Gasteiger charge is 2.29. The molecule has 2 unspecified atom stereocenters. The lowest BCUT2D eigenvalue weighted by molar-refractivity contribution is -0.117. The molecule has 0 spiro atoms. The SMILES string of the molecule is C=CC(=O)Nc1ccc(CCNc2cc(NC3COCC3NC(=O)C=C)ncn2)cc1. The molecule has 2 atom stereocenters. The minimum absolute atomic E-state index is 0.0910. The number of benzene rings is 1. The van der Waals surface area contributed by atoms with Crippen LogP contribution in [0.4, 0.5) is 17.3 Å². The second-order valence-electron chi connectivity index (χ2n) is 6.96. The average molecular weight is 422 g/mol. The van der Waals surface area contributed by atoms with E-state index in [2.05, 4.69) is 44.4 Å². The van der Waals surface area contributed by atoms with E-state index in [4.69, 9.17) is 4.74 Å². The lowest BCUT2D eigenvalue weighted by Gasteiger charge is -2.20. The van der Waals surface area contributed by atoms with E-state index >= 15 is 0 Å². The van der Waals surface area contributed by atoms with Gasteiger partial charge in [0.1, 0.15) is 18.0 Å². The predicted molar refractivity (Wildman–Crippen MR) is 120 cm³/mol. The molecular weight excluding hydrogens is 396 g/mol. The number of nitrogens with zero attached hydrogens (tertiary/aromatic N) is 2. The predicted octanol–water partition coefficient (Wildman–Crippen LogP) is 1.74. The zero-order valence-electron chi connectivity index (χ0n) is 17.1. The molecule has 2 heterocycles. The summed E-state index contributed by atoms with van der Waals surface area (Å²) in [7, 11) is 0. The summed E-state index contributed by atoms with van der Waals surface area (Å²) in [6.07, 6.45) is 4.75. The normalized spacial score (nSPS) is 17.4. The molecule has 0 radical (unpaired) electrons. The number of carbonyl (C=O) groups excluding carboxylic acids is 2. The summed E-state index contributed by atoms with van der Waals surface area (Å²) in [6.45, 7) is 8.49. The smallest absolute Gasteiger partial charge is 0.247 e. The molecule has 4 N–H and O–H groups in total. The Morgan fingerprint density at radius 3 is 2.48 bits per heavy atom. The third-order valence-electron chi connectivity index (χ3n) is 4.72. The van der Waals surface area contributed by atoms with Gasteiger partial charge in [0.05, 0.1) is 25.3 Å². The number of hydrogen-bond donors (Lipinski definition) is 4. The van der Waals surface area contributed by atoms with Crippen LogP contribution >= 0.6 is 0 Å². The second-order valence-corrected chi connectivity index (χ2v) is 6.96. The van der Waals surface area contributed by atoms with E-state index < -0.39 is 0 Å². The highest BCUT2D eigenvalue weighted by Crippen LogP contribution is 2.15. The van der Waals surface area contributed by atoms with Crippen LogP contribution in [0.5, 0.6) is 0 Å². The molecule has 2 amide bonds. The maximum Gasteiger partial charge on any atom is 0.247 e. The standard InChI is InChI=1S/C22H26N6O3/c1-3-21(29)26-16-7-5-15(6-8-16)9-10-23-19-11-20(25-14-24-19)27-17-12-31-13-18(17)28-22(30)4-2/h3-8,11,14,17-18H,1-2,9-10,12-13H2,(H,26,29)(H,28,30)(H2,23,24,25,27). The number of hydrogen-bond acceptors (Lipinski definition) is 7. The van der Waals surface area contributed by atoms with Crippen LogP contribution in [0.3, 0.4) is 0 Å². The van der Waals surface area contributed by atoms with Crippen LogP contribution in [0.15, 0.2) is 62.0 Å². The zero-order valence-corrected chi connectivity index (χ0v) is 17.1. The van der Waals surface area contributed by atoms with Crippen LogP contribution in [-0.2, 0) is 20.7 Å². The van der Waals surface area contributed by atoms with Crippen LogP contribution in [-0.4, -0.2) is 53.6 Å². The Morgan fingerprint density at radius 2 is 1.74 bits per heavy atom. The summed E-state index contributed by atoms with van der Waals surface area (Å²) in [5.74, 6) is 0.871. The average Bonchev–Trinajstić information content (AvgIpc) is 3.21. The van der Waals surface area contributed by atoms with E-state index in [-0.39, 0.29) is 23.9 Å². The molecule has 9 nitrogen and oxygen atoms in total. The van der Waals surface area contributed by atoms with Crippen LogP contribution in [0, 0.1) is 0 Å². The van der Waals surface area contributed by atoms with Crippen molar-refractivity contribution in [2.24, 2.45) is 0 Å². The van der Waals surface area contributed by atoms with Crippen LogP contribution in [0.1, 0.15) is 5.56 Å². The Bertz CT molecular complexity index is 931. The number of anilines is 3. The Balaban J connectivity index is 1.49. The van der Waals surface area contributed by atoms with Crippen molar-refractivity contribution in [3.63, 3.8) is 0 Å². The van der Waals surface area contributed by atoms with Crippen molar-refractivity contribution in [1.29, 1.82) is 0 Å². The number of rotatable bonds is 10. The van der Waals surface area contributed by atoms with E-state index in [1.54, 1.807) is 0 Å². The quantitative estimate of drug-likeness (QED) is 0.431. The lowest BCUT2D eigenvalue weighted by Crippen LogP contribution is -2.45. The fraction of sp³-hybridized carbons (Fsp3) is 0.273. The van der Waals surface area contributed by atoms with E-state index in [0.717, 1.165) is 17.7 Å². The Morgan fingerprint density at radius 1 is 1.03 bits per heavy atom. The maximum absolute atomic E-state index is 11.6. The highest BCUT2D eigenvalue weighted by atomic mass is 16.5. The van der Waals surface area contributed by atoms with Crippen LogP contribution in [0.25, 0.3) is 0 Å². The van der Waals surface area contributed by atoms with Crippen LogP contribution in [0.2, 0.25) is 0 Å². The molecule has 0 saturated carbocycles. The van der Waals surface area contributed by atoms with Gasteiger partial charge in [0.25, 0.3) is 0 Å². The minimum Gasteiger partial charge on any atom is -0.377 e. The van der Waals surface area contributed by atoms with Gasteiger partial charge in [-0.2, -0.15) is 0 Å². The van der Waals surface area contributed by atoms with Gasteiger partial charge in [0, 0.05) is 18.3 Å².